The van der Waals surface area contributed by atoms with Crippen LogP contribution in [0.2, 0.25) is 0 Å². The van der Waals surface area contributed by atoms with E-state index in [1.54, 1.807) is 6.92 Å². The zero-order valence-electron chi connectivity index (χ0n) is 9.06. The summed E-state index contributed by atoms with van der Waals surface area (Å²) in [5.74, 6) is -0.336. The van der Waals surface area contributed by atoms with Crippen molar-refractivity contribution in [2.24, 2.45) is 0 Å². The summed E-state index contributed by atoms with van der Waals surface area (Å²) >= 11 is 0. The van der Waals surface area contributed by atoms with Crippen LogP contribution in [0.3, 0.4) is 0 Å². The van der Waals surface area contributed by atoms with Gasteiger partial charge in [0.1, 0.15) is 12.1 Å². The first-order valence-corrected chi connectivity index (χ1v) is 5.17. The minimum atomic E-state index is -2.83. The minimum absolute atomic E-state index is 0.113. The molecule has 8 heteroatoms. The van der Waals surface area contributed by atoms with E-state index >= 15 is 0 Å². The van der Waals surface area contributed by atoms with Gasteiger partial charge in [0.05, 0.1) is 6.10 Å². The molecule has 1 N–H and O–H groups in total. The van der Waals surface area contributed by atoms with Gasteiger partial charge in [-0.1, -0.05) is 0 Å². The van der Waals surface area contributed by atoms with E-state index in [-0.39, 0.29) is 19.0 Å². The molecule has 0 aromatic rings. The van der Waals surface area contributed by atoms with Gasteiger partial charge in [0.2, 0.25) is 5.91 Å². The van der Waals surface area contributed by atoms with Crippen molar-refractivity contribution in [1.82, 2.24) is 10.2 Å². The van der Waals surface area contributed by atoms with Crippen molar-refractivity contribution in [2.45, 2.75) is 31.8 Å². The summed E-state index contributed by atoms with van der Waals surface area (Å²) in [6, 6.07) is -0.741. The predicted octanol–water partition coefficient (Wildman–Crippen LogP) is -0.0667. The van der Waals surface area contributed by atoms with E-state index in [1.165, 1.54) is 4.90 Å². The number of carbonyl (C=O) groups is 2. The van der Waals surface area contributed by atoms with Crippen molar-refractivity contribution in [3.05, 3.63) is 0 Å². The molecule has 0 aromatic carbocycles. The third kappa shape index (κ3) is 2.46. The molecule has 2 heterocycles. The quantitative estimate of drug-likeness (QED) is 0.761. The predicted molar refractivity (Wildman–Crippen MR) is 50.3 cm³/mol. The Morgan fingerprint density at radius 3 is 2.71 bits per heavy atom. The Balaban J connectivity index is 1.81. The number of rotatable bonds is 3. The van der Waals surface area contributed by atoms with E-state index in [0.29, 0.717) is 0 Å². The lowest BCUT2D eigenvalue weighted by molar-refractivity contribution is -0.199. The summed E-state index contributed by atoms with van der Waals surface area (Å²) in [7, 11) is 0. The van der Waals surface area contributed by atoms with Gasteiger partial charge >= 0.3 is 12.7 Å². The fraction of sp³-hybridized carbons (Fsp3) is 0.778. The number of alkyl carbamates (subject to hydrolysis) is 1. The molecular formula is C9H12F2N2O4. The molecule has 0 bridgehead atoms. The molecule has 2 amide bonds. The van der Waals surface area contributed by atoms with Crippen LogP contribution in [0.25, 0.3) is 0 Å². The van der Waals surface area contributed by atoms with Crippen LogP contribution in [0.1, 0.15) is 6.92 Å². The normalized spacial score (nSPS) is 28.9. The Hall–Kier alpha value is -1.44. The molecule has 0 aliphatic carbocycles. The molecule has 2 fully saturated rings. The van der Waals surface area contributed by atoms with Crippen molar-refractivity contribution in [1.29, 1.82) is 0 Å². The third-order valence-corrected chi connectivity index (χ3v) is 2.76. The molecule has 17 heavy (non-hydrogen) atoms. The standard InChI is InChI=1S/C9H12F2N2O4/c1-4-6(12-9(15)16-4)7(14)13-2-5(3-13)17-8(10)11/h4-6,8H,2-3H2,1H3,(H,12,15). The molecule has 2 atom stereocenters. The highest BCUT2D eigenvalue weighted by atomic mass is 19.3. The lowest BCUT2D eigenvalue weighted by atomic mass is 10.1. The van der Waals surface area contributed by atoms with Crippen LogP contribution >= 0.6 is 0 Å². The van der Waals surface area contributed by atoms with E-state index in [0.717, 1.165) is 0 Å². The number of ether oxygens (including phenoxy) is 2. The SMILES string of the molecule is CC1OC(=O)NC1C(=O)N1CC(OC(F)F)C1. The van der Waals surface area contributed by atoms with Crippen LogP contribution in [-0.2, 0) is 14.3 Å². The lowest BCUT2D eigenvalue weighted by Gasteiger charge is -2.39. The van der Waals surface area contributed by atoms with Crippen molar-refractivity contribution < 1.29 is 27.8 Å². The summed E-state index contributed by atoms with van der Waals surface area (Å²) < 4.78 is 32.7. The summed E-state index contributed by atoms with van der Waals surface area (Å²) in [6.07, 6.45) is -1.82. The van der Waals surface area contributed by atoms with Crippen LogP contribution in [-0.4, -0.2) is 54.9 Å². The number of cyclic esters (lactones) is 1. The molecule has 0 aromatic heterocycles. The second-order valence-corrected chi connectivity index (χ2v) is 3.99. The Labute approximate surface area is 95.8 Å². The number of nitrogens with zero attached hydrogens (tertiary/aromatic N) is 1. The van der Waals surface area contributed by atoms with E-state index in [9.17, 15) is 18.4 Å². The van der Waals surface area contributed by atoms with E-state index < -0.39 is 31.0 Å². The van der Waals surface area contributed by atoms with Crippen molar-refractivity contribution in [3.8, 4) is 0 Å². The minimum Gasteiger partial charge on any atom is -0.444 e. The Kier molecular flexibility index (Phi) is 3.14. The van der Waals surface area contributed by atoms with Crippen molar-refractivity contribution >= 4 is 12.0 Å². The van der Waals surface area contributed by atoms with Gasteiger partial charge in [-0.2, -0.15) is 8.78 Å². The van der Waals surface area contributed by atoms with E-state index in [2.05, 4.69) is 10.1 Å². The maximum Gasteiger partial charge on any atom is 0.408 e. The molecule has 0 radical (unpaired) electrons. The van der Waals surface area contributed by atoms with Gasteiger partial charge in [-0.05, 0) is 6.92 Å². The molecular weight excluding hydrogens is 238 g/mol. The van der Waals surface area contributed by atoms with Crippen LogP contribution in [0.4, 0.5) is 13.6 Å². The van der Waals surface area contributed by atoms with E-state index in [4.69, 9.17) is 4.74 Å². The first kappa shape index (κ1) is 12.0. The largest absolute Gasteiger partial charge is 0.444 e. The highest BCUT2D eigenvalue weighted by Crippen LogP contribution is 2.19. The monoisotopic (exact) mass is 250 g/mol. The molecule has 2 aliphatic heterocycles. The van der Waals surface area contributed by atoms with Gasteiger partial charge in [-0.3, -0.25) is 4.79 Å². The fourth-order valence-corrected chi connectivity index (χ4v) is 1.82. The molecule has 96 valence electrons. The first-order chi connectivity index (χ1) is 7.97. The zero-order chi connectivity index (χ0) is 12.6. The molecule has 2 saturated heterocycles. The average molecular weight is 250 g/mol. The van der Waals surface area contributed by atoms with Gasteiger partial charge in [0, 0.05) is 13.1 Å². The number of hydrogen-bond acceptors (Lipinski definition) is 4. The average Bonchev–Trinajstić information content (AvgIpc) is 2.49. The van der Waals surface area contributed by atoms with Crippen LogP contribution in [0.15, 0.2) is 0 Å². The maximum absolute atomic E-state index is 11.8. The van der Waals surface area contributed by atoms with Crippen LogP contribution < -0.4 is 5.32 Å². The van der Waals surface area contributed by atoms with Crippen LogP contribution in [0, 0.1) is 0 Å². The number of likely N-dealkylation sites (tertiary alicyclic amines) is 1. The van der Waals surface area contributed by atoms with E-state index in [1.807, 2.05) is 0 Å². The van der Waals surface area contributed by atoms with Crippen LogP contribution in [0.5, 0.6) is 0 Å². The number of nitrogens with one attached hydrogen (secondary N) is 1. The molecule has 2 aliphatic rings. The Bertz CT molecular complexity index is 333. The van der Waals surface area contributed by atoms with Gasteiger partial charge in [-0.25, -0.2) is 4.79 Å². The molecule has 6 nitrogen and oxygen atoms in total. The van der Waals surface area contributed by atoms with Crippen molar-refractivity contribution in [2.75, 3.05) is 13.1 Å². The number of hydrogen-bond donors (Lipinski definition) is 1. The summed E-state index contributed by atoms with van der Waals surface area (Å²) in [4.78, 5) is 24.0. The van der Waals surface area contributed by atoms with Gasteiger partial charge in [0.15, 0.2) is 0 Å². The highest BCUT2D eigenvalue weighted by Gasteiger charge is 2.42. The number of carbonyl (C=O) groups excluding carboxylic acids is 2. The molecule has 0 spiro atoms. The Morgan fingerprint density at radius 1 is 1.59 bits per heavy atom. The summed E-state index contributed by atoms with van der Waals surface area (Å²) in [5.41, 5.74) is 0. The van der Waals surface area contributed by atoms with Gasteiger partial charge < -0.3 is 19.7 Å². The third-order valence-electron chi connectivity index (χ3n) is 2.76. The summed E-state index contributed by atoms with van der Waals surface area (Å²) in [5, 5.41) is 2.37. The van der Waals surface area contributed by atoms with Gasteiger partial charge in [0.25, 0.3) is 0 Å². The smallest absolute Gasteiger partial charge is 0.408 e. The molecule has 0 saturated carbocycles. The fourth-order valence-electron chi connectivity index (χ4n) is 1.82. The highest BCUT2D eigenvalue weighted by molar-refractivity contribution is 5.89. The maximum atomic E-state index is 11.8. The molecule has 2 unspecified atom stereocenters. The Morgan fingerprint density at radius 2 is 2.24 bits per heavy atom. The number of amides is 2. The second kappa shape index (κ2) is 4.44. The summed E-state index contributed by atoms with van der Waals surface area (Å²) in [6.45, 7) is -1.01. The lowest BCUT2D eigenvalue weighted by Crippen LogP contribution is -2.60. The number of halogens is 2. The zero-order valence-corrected chi connectivity index (χ0v) is 9.06. The number of alkyl halides is 2. The first-order valence-electron chi connectivity index (χ1n) is 5.17. The second-order valence-electron chi connectivity index (χ2n) is 3.99. The van der Waals surface area contributed by atoms with Crippen molar-refractivity contribution in [3.63, 3.8) is 0 Å². The topological polar surface area (TPSA) is 67.9 Å². The van der Waals surface area contributed by atoms with Gasteiger partial charge in [-0.15, -0.1) is 0 Å². The molecule has 2 rings (SSSR count).